The summed E-state index contributed by atoms with van der Waals surface area (Å²) in [6.45, 7) is 6.48. The molecule has 6 heteroatoms. The Morgan fingerprint density at radius 3 is 1.56 bits per heavy atom. The molecule has 1 aromatic rings. The van der Waals surface area contributed by atoms with Crippen molar-refractivity contribution in [2.45, 2.75) is 0 Å². The first kappa shape index (κ1) is 14.3. The highest BCUT2D eigenvalue weighted by molar-refractivity contribution is 6.38. The van der Waals surface area contributed by atoms with Crippen molar-refractivity contribution in [3.8, 4) is 0 Å². The van der Waals surface area contributed by atoms with E-state index in [9.17, 15) is 9.59 Å². The van der Waals surface area contributed by atoms with Gasteiger partial charge in [-0.15, -0.1) is 0 Å². The Balaban J connectivity index is 3.42. The van der Waals surface area contributed by atoms with E-state index < -0.39 is 11.9 Å². The van der Waals surface area contributed by atoms with Crippen LogP contribution in [0.1, 0.15) is 20.7 Å². The fraction of sp³-hybridized carbons (Fsp3) is 0. The molecule has 0 heterocycles. The first-order valence-corrected chi connectivity index (χ1v) is 5.40. The number of hydrogen-bond donors (Lipinski definition) is 0. The summed E-state index contributed by atoms with van der Waals surface area (Å²) in [5.74, 6) is -1.71. The third kappa shape index (κ3) is 2.91. The van der Waals surface area contributed by atoms with Crippen molar-refractivity contribution >= 4 is 35.1 Å². The van der Waals surface area contributed by atoms with Gasteiger partial charge in [0, 0.05) is 0 Å². The Morgan fingerprint density at radius 2 is 1.28 bits per heavy atom. The molecule has 18 heavy (non-hydrogen) atoms. The minimum atomic E-state index is -0.853. The summed E-state index contributed by atoms with van der Waals surface area (Å²) in [5.41, 5.74) is -0.369. The van der Waals surface area contributed by atoms with Crippen LogP contribution in [0.15, 0.2) is 37.8 Å². The van der Waals surface area contributed by atoms with Gasteiger partial charge in [0.15, 0.2) is 0 Å². The largest absolute Gasteiger partial charge is 0.431 e. The highest BCUT2D eigenvalue weighted by Crippen LogP contribution is 2.28. The van der Waals surface area contributed by atoms with Crippen LogP contribution in [-0.2, 0) is 9.47 Å². The molecule has 0 atom stereocenters. The average molecular weight is 287 g/mol. The van der Waals surface area contributed by atoms with Crippen LogP contribution in [0.4, 0.5) is 0 Å². The van der Waals surface area contributed by atoms with E-state index in [1.807, 2.05) is 0 Å². The summed E-state index contributed by atoms with van der Waals surface area (Å²) >= 11 is 11.7. The second kappa shape index (κ2) is 6.23. The molecule has 0 radical (unpaired) electrons. The normalized spacial score (nSPS) is 9.44. The van der Waals surface area contributed by atoms with Crippen molar-refractivity contribution in [1.82, 2.24) is 0 Å². The number of hydrogen-bond acceptors (Lipinski definition) is 4. The molecule has 1 aromatic carbocycles. The van der Waals surface area contributed by atoms with E-state index in [0.717, 1.165) is 12.5 Å². The topological polar surface area (TPSA) is 52.6 Å². The number of benzene rings is 1. The van der Waals surface area contributed by atoms with E-state index in [0.29, 0.717) is 0 Å². The zero-order chi connectivity index (χ0) is 13.7. The van der Waals surface area contributed by atoms with Crippen LogP contribution in [0.3, 0.4) is 0 Å². The number of halogens is 2. The molecule has 1 rings (SSSR count). The number of ether oxygens (including phenoxy) is 2. The smallest absolute Gasteiger partial charge is 0.345 e. The van der Waals surface area contributed by atoms with Crippen LogP contribution in [0.25, 0.3) is 0 Å². The van der Waals surface area contributed by atoms with Gasteiger partial charge in [0.05, 0.1) is 33.7 Å². The summed E-state index contributed by atoms with van der Waals surface area (Å²) in [6, 6.07) is 2.74. The Morgan fingerprint density at radius 1 is 0.944 bits per heavy atom. The first-order valence-electron chi connectivity index (χ1n) is 4.64. The van der Waals surface area contributed by atoms with Crippen LogP contribution in [0.2, 0.25) is 10.0 Å². The maximum Gasteiger partial charge on any atom is 0.345 e. The van der Waals surface area contributed by atoms with Crippen molar-refractivity contribution in [1.29, 1.82) is 0 Å². The monoisotopic (exact) mass is 286 g/mol. The van der Waals surface area contributed by atoms with Crippen molar-refractivity contribution < 1.29 is 19.1 Å². The molecule has 0 spiro atoms. The molecule has 0 unspecified atom stereocenters. The maximum absolute atomic E-state index is 11.7. The van der Waals surface area contributed by atoms with Gasteiger partial charge in [-0.25, -0.2) is 9.59 Å². The summed E-state index contributed by atoms with van der Waals surface area (Å²) in [4.78, 5) is 23.4. The van der Waals surface area contributed by atoms with Gasteiger partial charge in [-0.2, -0.15) is 0 Å². The summed E-state index contributed by atoms with van der Waals surface area (Å²) in [5, 5.41) is 0.0320. The third-order valence-electron chi connectivity index (χ3n) is 1.89. The molecule has 0 aromatic heterocycles. The predicted octanol–water partition coefficient (Wildman–Crippen LogP) is 3.59. The fourth-order valence-corrected chi connectivity index (χ4v) is 1.69. The predicted molar refractivity (Wildman–Crippen MR) is 67.7 cm³/mol. The van der Waals surface area contributed by atoms with E-state index in [-0.39, 0.29) is 21.2 Å². The number of esters is 2. The van der Waals surface area contributed by atoms with Gasteiger partial charge in [0.25, 0.3) is 0 Å². The number of rotatable bonds is 4. The fourth-order valence-electron chi connectivity index (χ4n) is 1.22. The van der Waals surface area contributed by atoms with Gasteiger partial charge in [-0.05, 0) is 12.1 Å². The van der Waals surface area contributed by atoms with E-state index in [1.54, 1.807) is 0 Å². The standard InChI is InChI=1S/C12H8Cl2O4/c1-3-17-11(15)9-7(13)5-6-8(14)10(9)12(16)18-4-2/h3-6H,1-2H2. The summed E-state index contributed by atoms with van der Waals surface area (Å²) in [7, 11) is 0. The van der Waals surface area contributed by atoms with Crippen molar-refractivity contribution in [2.75, 3.05) is 0 Å². The van der Waals surface area contributed by atoms with Gasteiger partial charge >= 0.3 is 11.9 Å². The second-order valence-electron chi connectivity index (χ2n) is 2.92. The van der Waals surface area contributed by atoms with E-state index >= 15 is 0 Å². The van der Waals surface area contributed by atoms with Gasteiger partial charge < -0.3 is 9.47 Å². The van der Waals surface area contributed by atoms with Crippen LogP contribution in [0.5, 0.6) is 0 Å². The quantitative estimate of drug-likeness (QED) is 0.627. The third-order valence-corrected chi connectivity index (χ3v) is 2.52. The summed E-state index contributed by atoms with van der Waals surface area (Å²) in [6.07, 6.45) is 1.84. The average Bonchev–Trinajstić information content (AvgIpc) is 2.32. The molecule has 0 aliphatic heterocycles. The molecule has 0 N–H and O–H groups in total. The molecule has 0 fully saturated rings. The zero-order valence-electron chi connectivity index (χ0n) is 9.11. The molecule has 0 saturated heterocycles. The molecule has 94 valence electrons. The lowest BCUT2D eigenvalue weighted by atomic mass is 10.1. The van der Waals surface area contributed by atoms with Crippen molar-refractivity contribution in [3.63, 3.8) is 0 Å². The highest BCUT2D eigenvalue weighted by Gasteiger charge is 2.25. The Kier molecular flexibility index (Phi) is 4.95. The van der Waals surface area contributed by atoms with Crippen molar-refractivity contribution in [3.05, 3.63) is 59.0 Å². The van der Waals surface area contributed by atoms with Crippen molar-refractivity contribution in [2.24, 2.45) is 0 Å². The highest BCUT2D eigenvalue weighted by atomic mass is 35.5. The molecule has 0 aliphatic carbocycles. The second-order valence-corrected chi connectivity index (χ2v) is 3.74. The lowest BCUT2D eigenvalue weighted by Crippen LogP contribution is -2.12. The molecule has 0 saturated carbocycles. The first-order chi connectivity index (χ1) is 8.52. The van der Waals surface area contributed by atoms with E-state index in [1.165, 1.54) is 12.1 Å². The summed E-state index contributed by atoms with van der Waals surface area (Å²) < 4.78 is 9.16. The lowest BCUT2D eigenvalue weighted by Gasteiger charge is -2.09. The van der Waals surface area contributed by atoms with Crippen LogP contribution in [0, 0.1) is 0 Å². The molecule has 0 aliphatic rings. The van der Waals surface area contributed by atoms with E-state index in [4.69, 9.17) is 23.2 Å². The van der Waals surface area contributed by atoms with E-state index in [2.05, 4.69) is 22.6 Å². The van der Waals surface area contributed by atoms with Crippen LogP contribution >= 0.6 is 23.2 Å². The minimum absolute atomic E-state index is 0.0160. The van der Waals surface area contributed by atoms with Gasteiger partial charge in [0.2, 0.25) is 0 Å². The Hall–Kier alpha value is -1.78. The van der Waals surface area contributed by atoms with Gasteiger partial charge in [-0.3, -0.25) is 0 Å². The van der Waals surface area contributed by atoms with Gasteiger partial charge in [0.1, 0.15) is 0 Å². The maximum atomic E-state index is 11.7. The van der Waals surface area contributed by atoms with Gasteiger partial charge in [-0.1, -0.05) is 36.4 Å². The molecule has 0 bridgehead atoms. The van der Waals surface area contributed by atoms with Crippen LogP contribution in [-0.4, -0.2) is 11.9 Å². The SMILES string of the molecule is C=COC(=O)c1c(Cl)ccc(Cl)c1C(=O)OC=C. The number of carbonyl (C=O) groups is 2. The molecular weight excluding hydrogens is 279 g/mol. The Bertz CT molecular complexity index is 476. The van der Waals surface area contributed by atoms with Crippen LogP contribution < -0.4 is 0 Å². The number of carbonyl (C=O) groups excluding carboxylic acids is 2. The minimum Gasteiger partial charge on any atom is -0.431 e. The Labute approximate surface area is 113 Å². The lowest BCUT2D eigenvalue weighted by molar-refractivity contribution is 0.0619. The zero-order valence-corrected chi connectivity index (χ0v) is 10.6. The molecular formula is C12H8Cl2O4. The molecule has 4 nitrogen and oxygen atoms in total. The molecule has 0 amide bonds.